The molecule has 0 aliphatic carbocycles. The summed E-state index contributed by atoms with van der Waals surface area (Å²) in [5.41, 5.74) is 0.850. The molecule has 0 spiro atoms. The number of fused-ring (bicyclic) bond motifs is 1. The Morgan fingerprint density at radius 1 is 1.15 bits per heavy atom. The van der Waals surface area contributed by atoms with Crippen molar-refractivity contribution in [3.8, 4) is 11.5 Å². The quantitative estimate of drug-likeness (QED) is 0.757. The number of nitrogens with zero attached hydrogens (tertiary/aromatic N) is 2. The van der Waals surface area contributed by atoms with Gasteiger partial charge in [0.2, 0.25) is 5.91 Å². The van der Waals surface area contributed by atoms with Crippen molar-refractivity contribution in [1.82, 2.24) is 9.80 Å². The Hall–Kier alpha value is -1.72. The summed E-state index contributed by atoms with van der Waals surface area (Å²) in [6.45, 7) is 5.22. The third-order valence-electron chi connectivity index (χ3n) is 5.37. The van der Waals surface area contributed by atoms with E-state index < -0.39 is 0 Å². The van der Waals surface area contributed by atoms with E-state index in [-0.39, 0.29) is 5.91 Å². The summed E-state index contributed by atoms with van der Waals surface area (Å²) in [6.07, 6.45) is 8.23. The van der Waals surface area contributed by atoms with Gasteiger partial charge in [-0.3, -0.25) is 4.79 Å². The zero-order valence-electron chi connectivity index (χ0n) is 15.0. The van der Waals surface area contributed by atoms with Crippen LogP contribution in [0.5, 0.6) is 11.5 Å². The van der Waals surface area contributed by atoms with Crippen LogP contribution >= 0.6 is 11.6 Å². The van der Waals surface area contributed by atoms with E-state index in [1.54, 1.807) is 6.08 Å². The molecular formula is C20H25ClN2O3. The Bertz CT molecular complexity index is 701. The van der Waals surface area contributed by atoms with E-state index >= 15 is 0 Å². The van der Waals surface area contributed by atoms with Gasteiger partial charge in [0.25, 0.3) is 0 Å². The SMILES string of the molecule is O=C(/C=C/c1cc(Cl)c2c(c1)OCCO2)N1CCCC1CN1CCCC1. The summed E-state index contributed by atoms with van der Waals surface area (Å²) < 4.78 is 11.1. The van der Waals surface area contributed by atoms with Gasteiger partial charge in [0.15, 0.2) is 11.5 Å². The largest absolute Gasteiger partial charge is 0.486 e. The molecule has 3 heterocycles. The number of rotatable bonds is 4. The lowest BCUT2D eigenvalue weighted by molar-refractivity contribution is -0.127. The van der Waals surface area contributed by atoms with E-state index in [0.29, 0.717) is 35.8 Å². The Morgan fingerprint density at radius 2 is 1.96 bits per heavy atom. The highest BCUT2D eigenvalue weighted by molar-refractivity contribution is 6.32. The van der Waals surface area contributed by atoms with Crippen LogP contribution in [0.3, 0.4) is 0 Å². The lowest BCUT2D eigenvalue weighted by Crippen LogP contribution is -2.41. The van der Waals surface area contributed by atoms with Crippen LogP contribution in [0.25, 0.3) is 6.08 Å². The van der Waals surface area contributed by atoms with E-state index in [1.165, 1.54) is 25.9 Å². The van der Waals surface area contributed by atoms with Crippen molar-refractivity contribution in [2.45, 2.75) is 31.7 Å². The zero-order valence-corrected chi connectivity index (χ0v) is 15.7. The lowest BCUT2D eigenvalue weighted by atomic mass is 10.1. The molecule has 0 aromatic heterocycles. The van der Waals surface area contributed by atoms with Crippen LogP contribution in [-0.2, 0) is 4.79 Å². The number of hydrogen-bond acceptors (Lipinski definition) is 4. The molecule has 26 heavy (non-hydrogen) atoms. The Kier molecular flexibility index (Phi) is 5.36. The van der Waals surface area contributed by atoms with Crippen LogP contribution in [0, 0.1) is 0 Å². The van der Waals surface area contributed by atoms with E-state index in [1.807, 2.05) is 23.1 Å². The van der Waals surface area contributed by atoms with Crippen molar-refractivity contribution in [3.05, 3.63) is 28.8 Å². The first-order valence-electron chi connectivity index (χ1n) is 9.51. The molecule has 1 unspecified atom stereocenters. The normalized spacial score (nSPS) is 23.1. The average Bonchev–Trinajstić information content (AvgIpc) is 3.32. The van der Waals surface area contributed by atoms with Crippen LogP contribution in [0.4, 0.5) is 0 Å². The number of likely N-dealkylation sites (tertiary alicyclic amines) is 2. The Labute approximate surface area is 159 Å². The first-order valence-corrected chi connectivity index (χ1v) is 9.89. The fourth-order valence-corrected chi connectivity index (χ4v) is 4.34. The van der Waals surface area contributed by atoms with Crippen molar-refractivity contribution in [1.29, 1.82) is 0 Å². The zero-order chi connectivity index (χ0) is 17.9. The Morgan fingerprint density at radius 3 is 2.81 bits per heavy atom. The number of benzene rings is 1. The molecule has 5 nitrogen and oxygen atoms in total. The standard InChI is InChI=1S/C20H25ClN2O3/c21-17-12-15(13-18-20(17)26-11-10-25-18)5-6-19(24)23-9-3-4-16(23)14-22-7-1-2-8-22/h5-6,12-13,16H,1-4,7-11,14H2/b6-5+. The highest BCUT2D eigenvalue weighted by atomic mass is 35.5. The van der Waals surface area contributed by atoms with Gasteiger partial charge in [-0.2, -0.15) is 0 Å². The third-order valence-corrected chi connectivity index (χ3v) is 5.65. The molecule has 3 aliphatic rings. The second-order valence-corrected chi connectivity index (χ2v) is 7.60. The molecule has 0 saturated carbocycles. The van der Waals surface area contributed by atoms with Crippen LogP contribution in [0.2, 0.25) is 5.02 Å². The van der Waals surface area contributed by atoms with E-state index in [4.69, 9.17) is 21.1 Å². The fraction of sp³-hybridized carbons (Fsp3) is 0.550. The number of hydrogen-bond donors (Lipinski definition) is 0. The van der Waals surface area contributed by atoms with Crippen LogP contribution in [0.1, 0.15) is 31.2 Å². The first-order chi connectivity index (χ1) is 12.7. The predicted octanol–water partition coefficient (Wildman–Crippen LogP) is 3.21. The molecule has 1 aromatic rings. The van der Waals surface area contributed by atoms with Gasteiger partial charge >= 0.3 is 0 Å². The molecule has 2 saturated heterocycles. The lowest BCUT2D eigenvalue weighted by Gasteiger charge is -2.27. The predicted molar refractivity (Wildman–Crippen MR) is 102 cm³/mol. The van der Waals surface area contributed by atoms with Gasteiger partial charge in [-0.15, -0.1) is 0 Å². The molecule has 1 amide bonds. The fourth-order valence-electron chi connectivity index (χ4n) is 4.07. The highest BCUT2D eigenvalue weighted by Gasteiger charge is 2.29. The maximum Gasteiger partial charge on any atom is 0.246 e. The summed E-state index contributed by atoms with van der Waals surface area (Å²) in [4.78, 5) is 17.2. The summed E-state index contributed by atoms with van der Waals surface area (Å²) >= 11 is 6.27. The van der Waals surface area contributed by atoms with E-state index in [9.17, 15) is 4.79 Å². The molecule has 140 valence electrons. The molecule has 6 heteroatoms. The molecule has 1 atom stereocenters. The van der Waals surface area contributed by atoms with E-state index in [2.05, 4.69) is 4.90 Å². The molecule has 2 fully saturated rings. The van der Waals surface area contributed by atoms with Crippen LogP contribution in [-0.4, -0.2) is 61.1 Å². The van der Waals surface area contributed by atoms with Crippen LogP contribution in [0.15, 0.2) is 18.2 Å². The Balaban J connectivity index is 1.42. The topological polar surface area (TPSA) is 42.0 Å². The number of halogens is 1. The van der Waals surface area contributed by atoms with Gasteiger partial charge in [0.1, 0.15) is 13.2 Å². The summed E-state index contributed by atoms with van der Waals surface area (Å²) in [7, 11) is 0. The second kappa shape index (κ2) is 7.89. The van der Waals surface area contributed by atoms with Crippen molar-refractivity contribution in [3.63, 3.8) is 0 Å². The van der Waals surface area contributed by atoms with Gasteiger partial charge in [-0.1, -0.05) is 11.6 Å². The highest BCUT2D eigenvalue weighted by Crippen LogP contribution is 2.38. The van der Waals surface area contributed by atoms with E-state index in [0.717, 1.165) is 31.5 Å². The number of carbonyl (C=O) groups is 1. The number of amides is 1. The summed E-state index contributed by atoms with van der Waals surface area (Å²) in [6, 6.07) is 4.02. The van der Waals surface area contributed by atoms with Crippen molar-refractivity contribution in [2.75, 3.05) is 39.4 Å². The maximum absolute atomic E-state index is 12.7. The van der Waals surface area contributed by atoms with Gasteiger partial charge in [-0.05, 0) is 62.5 Å². The summed E-state index contributed by atoms with van der Waals surface area (Å²) in [5, 5.41) is 0.516. The minimum Gasteiger partial charge on any atom is -0.486 e. The average molecular weight is 377 g/mol. The molecule has 1 aromatic carbocycles. The first kappa shape index (κ1) is 17.7. The molecule has 3 aliphatic heterocycles. The number of ether oxygens (including phenoxy) is 2. The van der Waals surface area contributed by atoms with Gasteiger partial charge in [-0.25, -0.2) is 0 Å². The van der Waals surface area contributed by atoms with Crippen LogP contribution < -0.4 is 9.47 Å². The molecule has 0 bridgehead atoms. The number of carbonyl (C=O) groups excluding carboxylic acids is 1. The third kappa shape index (κ3) is 3.84. The van der Waals surface area contributed by atoms with Crippen molar-refractivity contribution >= 4 is 23.6 Å². The minimum absolute atomic E-state index is 0.0812. The molecule has 0 N–H and O–H groups in total. The van der Waals surface area contributed by atoms with Crippen molar-refractivity contribution < 1.29 is 14.3 Å². The smallest absolute Gasteiger partial charge is 0.246 e. The maximum atomic E-state index is 12.7. The minimum atomic E-state index is 0.0812. The molecule has 0 radical (unpaired) electrons. The molecular weight excluding hydrogens is 352 g/mol. The monoisotopic (exact) mass is 376 g/mol. The molecule has 4 rings (SSSR count). The second-order valence-electron chi connectivity index (χ2n) is 7.20. The van der Waals surface area contributed by atoms with Crippen molar-refractivity contribution in [2.24, 2.45) is 0 Å². The van der Waals surface area contributed by atoms with Gasteiger partial charge in [0.05, 0.1) is 5.02 Å². The van der Waals surface area contributed by atoms with Gasteiger partial charge < -0.3 is 19.3 Å². The van der Waals surface area contributed by atoms with Gasteiger partial charge in [0, 0.05) is 25.2 Å². The summed E-state index contributed by atoms with van der Waals surface area (Å²) in [5.74, 6) is 1.31.